The van der Waals surface area contributed by atoms with E-state index in [9.17, 15) is 13.6 Å². The summed E-state index contributed by atoms with van der Waals surface area (Å²) in [5.41, 5.74) is 2.59. The molecule has 3 aromatic rings. The Kier molecular flexibility index (Phi) is 3.96. The van der Waals surface area contributed by atoms with Crippen LogP contribution in [0.15, 0.2) is 24.3 Å². The van der Waals surface area contributed by atoms with E-state index in [0.717, 1.165) is 15.6 Å². The van der Waals surface area contributed by atoms with Gasteiger partial charge in [0.25, 0.3) is 18.1 Å². The molecule has 0 aliphatic carbocycles. The molecule has 0 unspecified atom stereocenters. The number of alkyl halides is 2. The van der Waals surface area contributed by atoms with Gasteiger partial charge in [0.05, 0.1) is 0 Å². The Morgan fingerprint density at radius 2 is 1.92 bits per heavy atom. The number of nitrogens with one attached hydrogen (secondary N) is 1. The van der Waals surface area contributed by atoms with Crippen LogP contribution in [0.1, 0.15) is 39.6 Å². The minimum Gasteiger partial charge on any atom is -0.319 e. The molecule has 0 atom stereocenters. The molecule has 8 heteroatoms. The van der Waals surface area contributed by atoms with Crippen LogP contribution in [-0.2, 0) is 0 Å². The lowest BCUT2D eigenvalue weighted by molar-refractivity contribution is 0.101. The summed E-state index contributed by atoms with van der Waals surface area (Å²) >= 11 is 0. The van der Waals surface area contributed by atoms with Crippen LogP contribution >= 0.6 is 0 Å². The molecule has 0 bridgehead atoms. The van der Waals surface area contributed by atoms with Crippen LogP contribution < -0.4 is 5.32 Å². The minimum absolute atomic E-state index is 0.0314. The van der Waals surface area contributed by atoms with Gasteiger partial charge in [-0.2, -0.15) is 9.50 Å². The highest BCUT2D eigenvalue weighted by Crippen LogP contribution is 2.20. The van der Waals surface area contributed by atoms with E-state index in [1.54, 1.807) is 13.0 Å². The number of amides is 1. The van der Waals surface area contributed by atoms with Gasteiger partial charge in [0.1, 0.15) is 5.69 Å². The third-order valence-corrected chi connectivity index (χ3v) is 3.52. The molecule has 0 radical (unpaired) electrons. The van der Waals surface area contributed by atoms with Gasteiger partial charge in [0.2, 0.25) is 5.82 Å². The second-order valence-electron chi connectivity index (χ2n) is 5.54. The van der Waals surface area contributed by atoms with Gasteiger partial charge in [0.15, 0.2) is 0 Å². The van der Waals surface area contributed by atoms with E-state index in [2.05, 4.69) is 20.4 Å². The van der Waals surface area contributed by atoms with Crippen LogP contribution in [0, 0.1) is 20.8 Å². The largest absolute Gasteiger partial charge is 0.319 e. The molecule has 1 amide bonds. The summed E-state index contributed by atoms with van der Waals surface area (Å²) in [6.07, 6.45) is -2.74. The summed E-state index contributed by atoms with van der Waals surface area (Å²) in [4.78, 5) is 20.3. The van der Waals surface area contributed by atoms with Crippen molar-refractivity contribution >= 4 is 17.4 Å². The van der Waals surface area contributed by atoms with Crippen molar-refractivity contribution in [3.05, 3.63) is 52.6 Å². The first-order chi connectivity index (χ1) is 11.3. The van der Waals surface area contributed by atoms with Gasteiger partial charge >= 0.3 is 0 Å². The highest BCUT2D eigenvalue weighted by Gasteiger charge is 2.20. The maximum absolute atomic E-state index is 13.1. The Balaban J connectivity index is 1.97. The SMILES string of the molecule is Cc1ccc(NC(=O)c2nc3nc(C)cc(C(F)F)n3n2)c(C)c1. The lowest BCUT2D eigenvalue weighted by Gasteiger charge is -2.07. The molecule has 124 valence electrons. The summed E-state index contributed by atoms with van der Waals surface area (Å²) in [5.74, 6) is -0.823. The molecule has 0 spiro atoms. The number of carbonyl (C=O) groups is 1. The Morgan fingerprint density at radius 1 is 1.17 bits per heavy atom. The monoisotopic (exact) mass is 331 g/mol. The zero-order chi connectivity index (χ0) is 17.4. The van der Waals surface area contributed by atoms with Gasteiger partial charge in [-0.1, -0.05) is 17.7 Å². The fourth-order valence-electron chi connectivity index (χ4n) is 2.40. The third kappa shape index (κ3) is 2.94. The quantitative estimate of drug-likeness (QED) is 0.800. The van der Waals surface area contributed by atoms with Gasteiger partial charge < -0.3 is 5.32 Å². The molecule has 6 nitrogen and oxygen atoms in total. The highest BCUT2D eigenvalue weighted by atomic mass is 19.3. The van der Waals surface area contributed by atoms with Crippen molar-refractivity contribution < 1.29 is 13.6 Å². The zero-order valence-electron chi connectivity index (χ0n) is 13.3. The second kappa shape index (κ2) is 5.95. The summed E-state index contributed by atoms with van der Waals surface area (Å²) in [6, 6.07) is 6.77. The Hall–Kier alpha value is -2.90. The fourth-order valence-corrected chi connectivity index (χ4v) is 2.40. The Morgan fingerprint density at radius 3 is 2.58 bits per heavy atom. The van der Waals surface area contributed by atoms with Crippen molar-refractivity contribution in [2.75, 3.05) is 5.32 Å². The maximum atomic E-state index is 13.1. The number of halogens is 2. The number of carbonyl (C=O) groups excluding carboxylic acids is 1. The first-order valence-corrected chi connectivity index (χ1v) is 7.26. The number of benzene rings is 1. The predicted octanol–water partition coefficient (Wildman–Crippen LogP) is 3.24. The number of rotatable bonds is 3. The van der Waals surface area contributed by atoms with E-state index in [4.69, 9.17) is 0 Å². The first-order valence-electron chi connectivity index (χ1n) is 7.26. The number of fused-ring (bicyclic) bond motifs is 1. The van der Waals surface area contributed by atoms with Crippen molar-refractivity contribution in [2.45, 2.75) is 27.2 Å². The standard InChI is InChI=1S/C16H15F2N5O/c1-8-4-5-11(9(2)6-8)20-15(24)14-21-16-19-10(3)7-12(13(17)18)23(16)22-14/h4-7,13H,1-3H3,(H,20,24). The summed E-state index contributed by atoms with van der Waals surface area (Å²) in [5, 5.41) is 6.55. The Labute approximate surface area is 136 Å². The lowest BCUT2D eigenvalue weighted by Crippen LogP contribution is -2.15. The smallest absolute Gasteiger partial charge is 0.295 e. The molecule has 24 heavy (non-hydrogen) atoms. The predicted molar refractivity (Wildman–Crippen MR) is 84.3 cm³/mol. The van der Waals surface area contributed by atoms with Gasteiger partial charge in [0, 0.05) is 11.4 Å². The van der Waals surface area contributed by atoms with Gasteiger partial charge in [-0.3, -0.25) is 4.79 Å². The summed E-state index contributed by atoms with van der Waals surface area (Å²) < 4.78 is 27.1. The number of hydrogen-bond donors (Lipinski definition) is 1. The van der Waals surface area contributed by atoms with E-state index >= 15 is 0 Å². The Bertz CT molecular complexity index is 936. The van der Waals surface area contributed by atoms with Crippen LogP contribution in [-0.4, -0.2) is 25.5 Å². The van der Waals surface area contributed by atoms with E-state index in [0.29, 0.717) is 11.4 Å². The van der Waals surface area contributed by atoms with Crippen LogP contribution in [0.3, 0.4) is 0 Å². The van der Waals surface area contributed by atoms with E-state index in [-0.39, 0.29) is 17.3 Å². The molecule has 0 saturated carbocycles. The van der Waals surface area contributed by atoms with Crippen molar-refractivity contribution in [3.8, 4) is 0 Å². The van der Waals surface area contributed by atoms with Crippen molar-refractivity contribution in [2.24, 2.45) is 0 Å². The summed E-state index contributed by atoms with van der Waals surface area (Å²) in [7, 11) is 0. The van der Waals surface area contributed by atoms with Crippen molar-refractivity contribution in [1.82, 2.24) is 19.6 Å². The molecule has 1 aromatic carbocycles. The van der Waals surface area contributed by atoms with E-state index < -0.39 is 12.3 Å². The fraction of sp³-hybridized carbons (Fsp3) is 0.250. The zero-order valence-corrected chi connectivity index (χ0v) is 13.3. The lowest BCUT2D eigenvalue weighted by atomic mass is 10.1. The molecule has 3 rings (SSSR count). The molecule has 0 saturated heterocycles. The average molecular weight is 331 g/mol. The van der Waals surface area contributed by atoms with Crippen molar-refractivity contribution in [3.63, 3.8) is 0 Å². The molecule has 2 aromatic heterocycles. The number of aryl methyl sites for hydroxylation is 3. The molecule has 1 N–H and O–H groups in total. The highest BCUT2D eigenvalue weighted by molar-refractivity contribution is 6.02. The normalized spacial score (nSPS) is 11.2. The number of nitrogens with zero attached hydrogens (tertiary/aromatic N) is 4. The minimum atomic E-state index is -2.74. The molecule has 0 aliphatic heterocycles. The summed E-state index contributed by atoms with van der Waals surface area (Å²) in [6.45, 7) is 5.39. The molecule has 2 heterocycles. The maximum Gasteiger partial charge on any atom is 0.295 e. The number of hydrogen-bond acceptors (Lipinski definition) is 4. The number of anilines is 1. The van der Waals surface area contributed by atoms with Crippen LogP contribution in [0.2, 0.25) is 0 Å². The van der Waals surface area contributed by atoms with Crippen LogP contribution in [0.25, 0.3) is 5.78 Å². The molecule has 0 aliphatic rings. The topological polar surface area (TPSA) is 72.2 Å². The average Bonchev–Trinajstić information content (AvgIpc) is 2.92. The first kappa shape index (κ1) is 16.0. The second-order valence-corrected chi connectivity index (χ2v) is 5.54. The van der Waals surface area contributed by atoms with Crippen molar-refractivity contribution in [1.29, 1.82) is 0 Å². The molecular formula is C16H15F2N5O. The van der Waals surface area contributed by atoms with Gasteiger partial charge in [-0.15, -0.1) is 5.10 Å². The van der Waals surface area contributed by atoms with E-state index in [1.165, 1.54) is 6.07 Å². The van der Waals surface area contributed by atoms with E-state index in [1.807, 2.05) is 26.0 Å². The van der Waals surface area contributed by atoms with Gasteiger partial charge in [-0.05, 0) is 38.5 Å². The van der Waals surface area contributed by atoms with Crippen LogP contribution in [0.4, 0.5) is 14.5 Å². The molecule has 0 fully saturated rings. The van der Waals surface area contributed by atoms with Crippen LogP contribution in [0.5, 0.6) is 0 Å². The molecular weight excluding hydrogens is 316 g/mol. The van der Waals surface area contributed by atoms with Gasteiger partial charge in [-0.25, -0.2) is 13.8 Å². The third-order valence-electron chi connectivity index (χ3n) is 3.52. The number of aromatic nitrogens is 4.